The molecule has 0 fully saturated rings. The number of benzene rings is 2. The van der Waals surface area contributed by atoms with E-state index in [1.54, 1.807) is 6.92 Å². The quantitative estimate of drug-likeness (QED) is 0.739. The molecule has 1 atom stereocenters. The van der Waals surface area contributed by atoms with Crippen LogP contribution >= 0.6 is 27.7 Å². The van der Waals surface area contributed by atoms with Crippen molar-refractivity contribution in [1.29, 1.82) is 0 Å². The highest BCUT2D eigenvalue weighted by Gasteiger charge is 2.14. The molecule has 0 heterocycles. The molecule has 24 heavy (non-hydrogen) atoms. The van der Waals surface area contributed by atoms with E-state index in [2.05, 4.69) is 26.8 Å². The normalized spacial score (nSPS) is 11.6. The zero-order valence-electron chi connectivity index (χ0n) is 12.9. The van der Waals surface area contributed by atoms with E-state index in [0.717, 1.165) is 10.0 Å². The molecule has 0 aliphatic rings. The van der Waals surface area contributed by atoms with Crippen LogP contribution in [-0.4, -0.2) is 17.1 Å². The van der Waals surface area contributed by atoms with E-state index in [1.807, 2.05) is 24.3 Å². The van der Waals surface area contributed by atoms with Crippen molar-refractivity contribution in [3.8, 4) is 0 Å². The van der Waals surface area contributed by atoms with Crippen LogP contribution in [0.25, 0.3) is 0 Å². The van der Waals surface area contributed by atoms with Crippen LogP contribution in [0.15, 0.2) is 53.0 Å². The summed E-state index contributed by atoms with van der Waals surface area (Å²) >= 11 is 4.84. The molecule has 0 aliphatic heterocycles. The minimum Gasteiger partial charge on any atom is -0.272 e. The predicted octanol–water partition coefficient (Wildman–Crippen LogP) is 3.67. The molecule has 7 heteroatoms. The van der Waals surface area contributed by atoms with E-state index in [9.17, 15) is 14.0 Å². The van der Waals surface area contributed by atoms with Gasteiger partial charge in [0.15, 0.2) is 0 Å². The van der Waals surface area contributed by atoms with Gasteiger partial charge in [-0.15, -0.1) is 11.8 Å². The van der Waals surface area contributed by atoms with Crippen LogP contribution in [0, 0.1) is 5.82 Å². The van der Waals surface area contributed by atoms with E-state index in [1.165, 1.54) is 36.0 Å². The maximum Gasteiger partial charge on any atom is 0.269 e. The second-order valence-corrected chi connectivity index (χ2v) is 7.27. The number of hydrogen-bond donors (Lipinski definition) is 2. The molecule has 2 N–H and O–H groups in total. The summed E-state index contributed by atoms with van der Waals surface area (Å²) in [7, 11) is 0. The van der Waals surface area contributed by atoms with E-state index in [-0.39, 0.29) is 16.7 Å². The second-order valence-electron chi connectivity index (χ2n) is 5.03. The fourth-order valence-corrected chi connectivity index (χ4v) is 2.88. The smallest absolute Gasteiger partial charge is 0.269 e. The average Bonchev–Trinajstić information content (AvgIpc) is 2.59. The molecule has 0 aromatic heterocycles. The fourth-order valence-electron chi connectivity index (χ4n) is 1.77. The molecular weight excluding hydrogens is 395 g/mol. The number of rotatable bonds is 5. The van der Waals surface area contributed by atoms with Crippen LogP contribution in [0.4, 0.5) is 4.39 Å². The summed E-state index contributed by atoms with van der Waals surface area (Å²) in [5, 5.41) is -0.331. The molecule has 0 aliphatic carbocycles. The number of halogens is 2. The van der Waals surface area contributed by atoms with Crippen LogP contribution in [0.1, 0.15) is 22.8 Å². The number of thioether (sulfide) groups is 1. The molecule has 0 saturated heterocycles. The lowest BCUT2D eigenvalue weighted by molar-refractivity contribution is -0.121. The zero-order chi connectivity index (χ0) is 17.5. The number of hydrogen-bond acceptors (Lipinski definition) is 3. The number of hydrazine groups is 1. The monoisotopic (exact) mass is 410 g/mol. The number of carbonyl (C=O) groups is 2. The Labute approximate surface area is 152 Å². The van der Waals surface area contributed by atoms with Gasteiger partial charge in [-0.2, -0.15) is 0 Å². The SMILES string of the molecule is C[C@H](SCc1ccc(Br)cc1)C(=O)NNC(=O)c1ccc(F)cc1. The molecule has 2 aromatic rings. The van der Waals surface area contributed by atoms with Crippen molar-refractivity contribution in [1.82, 2.24) is 10.9 Å². The van der Waals surface area contributed by atoms with E-state index < -0.39 is 11.7 Å². The summed E-state index contributed by atoms with van der Waals surface area (Å²) in [6.45, 7) is 1.77. The van der Waals surface area contributed by atoms with E-state index >= 15 is 0 Å². The molecule has 0 unspecified atom stereocenters. The van der Waals surface area contributed by atoms with Crippen LogP contribution < -0.4 is 10.9 Å². The standard InChI is InChI=1S/C17H16BrFN2O2S/c1-11(24-10-12-2-6-14(18)7-3-12)16(22)20-21-17(23)13-4-8-15(19)9-5-13/h2-9,11H,10H2,1H3,(H,20,22)(H,21,23)/t11-/m0/s1. The van der Waals surface area contributed by atoms with Gasteiger partial charge in [0, 0.05) is 15.8 Å². The number of amides is 2. The lowest BCUT2D eigenvalue weighted by Gasteiger charge is -2.13. The Morgan fingerprint density at radius 2 is 1.71 bits per heavy atom. The maximum absolute atomic E-state index is 12.8. The van der Waals surface area contributed by atoms with Crippen molar-refractivity contribution >= 4 is 39.5 Å². The Hall–Kier alpha value is -1.86. The van der Waals surface area contributed by atoms with Gasteiger partial charge < -0.3 is 0 Å². The van der Waals surface area contributed by atoms with Gasteiger partial charge in [0.2, 0.25) is 0 Å². The van der Waals surface area contributed by atoms with E-state index in [4.69, 9.17) is 0 Å². The van der Waals surface area contributed by atoms with Crippen LogP contribution in [-0.2, 0) is 10.5 Å². The van der Waals surface area contributed by atoms with Gasteiger partial charge in [-0.25, -0.2) is 4.39 Å². The fraction of sp³-hybridized carbons (Fsp3) is 0.176. The maximum atomic E-state index is 12.8. The molecule has 0 radical (unpaired) electrons. The highest BCUT2D eigenvalue weighted by Crippen LogP contribution is 2.19. The first-order valence-electron chi connectivity index (χ1n) is 7.17. The van der Waals surface area contributed by atoms with Crippen LogP contribution in [0.2, 0.25) is 0 Å². The molecule has 2 rings (SSSR count). The molecule has 0 bridgehead atoms. The summed E-state index contributed by atoms with van der Waals surface area (Å²) in [6, 6.07) is 12.9. The number of nitrogens with one attached hydrogen (secondary N) is 2. The summed E-state index contributed by atoms with van der Waals surface area (Å²) in [4.78, 5) is 23.8. The molecular formula is C17H16BrFN2O2S. The van der Waals surface area contributed by atoms with Crippen molar-refractivity contribution in [2.75, 3.05) is 0 Å². The first kappa shape index (κ1) is 18.5. The van der Waals surface area contributed by atoms with Gasteiger partial charge in [0.25, 0.3) is 11.8 Å². The summed E-state index contributed by atoms with van der Waals surface area (Å²) in [5.74, 6) is -0.525. The highest BCUT2D eigenvalue weighted by atomic mass is 79.9. The highest BCUT2D eigenvalue weighted by molar-refractivity contribution is 9.10. The Morgan fingerprint density at radius 1 is 1.08 bits per heavy atom. The molecule has 126 valence electrons. The van der Waals surface area contributed by atoms with Crippen molar-refractivity contribution in [3.05, 3.63) is 69.9 Å². The minimum absolute atomic E-state index is 0.270. The molecule has 0 saturated carbocycles. The van der Waals surface area contributed by atoms with Gasteiger partial charge in [0.1, 0.15) is 5.82 Å². The van der Waals surface area contributed by atoms with Gasteiger partial charge in [-0.05, 0) is 48.9 Å². The summed E-state index contributed by atoms with van der Waals surface area (Å²) in [5.41, 5.74) is 6.08. The predicted molar refractivity (Wildman–Crippen MR) is 96.9 cm³/mol. The van der Waals surface area contributed by atoms with Crippen molar-refractivity contribution in [2.24, 2.45) is 0 Å². The lowest BCUT2D eigenvalue weighted by atomic mass is 10.2. The van der Waals surface area contributed by atoms with Crippen LogP contribution in [0.5, 0.6) is 0 Å². The van der Waals surface area contributed by atoms with E-state index in [0.29, 0.717) is 5.75 Å². The topological polar surface area (TPSA) is 58.2 Å². The largest absolute Gasteiger partial charge is 0.272 e. The van der Waals surface area contributed by atoms with Gasteiger partial charge >= 0.3 is 0 Å². The zero-order valence-corrected chi connectivity index (χ0v) is 15.3. The summed E-state index contributed by atoms with van der Waals surface area (Å²) in [6.07, 6.45) is 0. The molecule has 2 amide bonds. The third-order valence-electron chi connectivity index (χ3n) is 3.19. The lowest BCUT2D eigenvalue weighted by Crippen LogP contribution is -2.44. The Bertz CT molecular complexity index is 708. The van der Waals surface area contributed by atoms with Crippen molar-refractivity contribution < 1.29 is 14.0 Å². The van der Waals surface area contributed by atoms with Crippen molar-refractivity contribution in [2.45, 2.75) is 17.9 Å². The third kappa shape index (κ3) is 5.65. The second kappa shape index (κ2) is 8.84. The first-order valence-corrected chi connectivity index (χ1v) is 9.01. The van der Waals surface area contributed by atoms with Gasteiger partial charge in [-0.1, -0.05) is 28.1 Å². The van der Waals surface area contributed by atoms with Gasteiger partial charge in [0.05, 0.1) is 5.25 Å². The number of carbonyl (C=O) groups excluding carboxylic acids is 2. The van der Waals surface area contributed by atoms with Gasteiger partial charge in [-0.3, -0.25) is 20.4 Å². The summed E-state index contributed by atoms with van der Waals surface area (Å²) < 4.78 is 13.8. The average molecular weight is 411 g/mol. The molecule has 0 spiro atoms. The first-order chi connectivity index (χ1) is 11.5. The molecule has 4 nitrogen and oxygen atoms in total. The van der Waals surface area contributed by atoms with Crippen molar-refractivity contribution in [3.63, 3.8) is 0 Å². The Balaban J connectivity index is 1.77. The van der Waals surface area contributed by atoms with Crippen LogP contribution in [0.3, 0.4) is 0 Å². The minimum atomic E-state index is -0.492. The Kier molecular flexibility index (Phi) is 6.81. The molecule has 2 aromatic carbocycles. The Morgan fingerprint density at radius 3 is 2.33 bits per heavy atom. The third-order valence-corrected chi connectivity index (χ3v) is 4.93.